The van der Waals surface area contributed by atoms with Crippen LogP contribution in [0.15, 0.2) is 231 Å². The molecule has 0 aromatic heterocycles. The van der Waals surface area contributed by atoms with Gasteiger partial charge in [-0.15, -0.1) is 0 Å². The molecule has 0 N–H and O–H groups in total. The number of carbonyl (C=O) groups is 1. The van der Waals surface area contributed by atoms with Crippen molar-refractivity contribution in [1.82, 2.24) is 0 Å². The molecular weight excluding hydrogens is 905 g/mol. The third-order valence-corrected chi connectivity index (χ3v) is 12.6. The van der Waals surface area contributed by atoms with Gasteiger partial charge in [-0.3, -0.25) is 4.79 Å². The Morgan fingerprint density at radius 3 is 0.986 bits per heavy atom. The molecule has 0 aliphatic carbocycles. The van der Waals surface area contributed by atoms with Gasteiger partial charge in [0.05, 0.1) is 5.41 Å². The molecule has 0 bridgehead atoms. The summed E-state index contributed by atoms with van der Waals surface area (Å²) in [4.78, 5) is 17.1. The van der Waals surface area contributed by atoms with Crippen molar-refractivity contribution in [1.29, 1.82) is 0 Å². The Hall–Kier alpha value is -8.67. The third-order valence-electron chi connectivity index (χ3n) is 12.6. The minimum atomic E-state index is -0.600. The zero-order chi connectivity index (χ0) is 51.8. The average molecular weight is 969 g/mol. The van der Waals surface area contributed by atoms with Crippen molar-refractivity contribution < 1.29 is 14.3 Å². The molecule has 0 spiro atoms. The van der Waals surface area contributed by atoms with Crippen LogP contribution in [0.1, 0.15) is 86.1 Å². The molecule has 0 aliphatic heterocycles. The van der Waals surface area contributed by atoms with E-state index in [1.807, 2.05) is 81.4 Å². The van der Waals surface area contributed by atoms with Crippen LogP contribution in [0, 0.1) is 19.3 Å². The first-order valence-corrected chi connectivity index (χ1v) is 25.3. The van der Waals surface area contributed by atoms with Crippen LogP contribution in [0.5, 0.6) is 11.5 Å². The van der Waals surface area contributed by atoms with Crippen LogP contribution in [0.3, 0.4) is 0 Å². The Balaban J connectivity index is 1.03. The van der Waals surface area contributed by atoms with Gasteiger partial charge in [0, 0.05) is 34.1 Å². The van der Waals surface area contributed by atoms with Crippen molar-refractivity contribution in [3.63, 3.8) is 0 Å². The van der Waals surface area contributed by atoms with Crippen LogP contribution in [-0.2, 0) is 4.79 Å². The lowest BCUT2D eigenvalue weighted by Crippen LogP contribution is -2.25. The molecule has 9 aromatic rings. The van der Waals surface area contributed by atoms with E-state index in [1.165, 1.54) is 11.1 Å². The summed E-state index contributed by atoms with van der Waals surface area (Å²) in [5, 5.41) is 0. The van der Waals surface area contributed by atoms with Gasteiger partial charge >= 0.3 is 5.97 Å². The number of ether oxygens (including phenoxy) is 2. The zero-order valence-corrected chi connectivity index (χ0v) is 43.7. The quantitative estimate of drug-likeness (QED) is 0.0617. The number of rotatable bonds is 14. The van der Waals surface area contributed by atoms with E-state index in [0.717, 1.165) is 84.4 Å². The summed E-state index contributed by atoms with van der Waals surface area (Å²) in [6.07, 6.45) is 4.57. The standard InChI is InChI=1S/C69H64N2O3/c1-49-19-27-53(28-20-49)65(47-51-23-35-59(36-24-51)70(57-15-11-9-12-16-57)61-39-43-63(44-40-61)73-67(72)68(3,4)5)55-31-33-56(34-32-55)66(54-29-21-50(2)22-30-54)48-52-25-37-60(38-26-52)71(58-17-13-10-14-18-58)62-41-45-64(46-42-62)74-69(6,7)8/h9-48H,1-8H3. The molecule has 5 heteroatoms. The lowest BCUT2D eigenvalue weighted by Gasteiger charge is -2.26. The molecule has 368 valence electrons. The number of hydrogen-bond donors (Lipinski definition) is 0. The minimum Gasteiger partial charge on any atom is -0.488 e. The average Bonchev–Trinajstić information content (AvgIpc) is 3.40. The number of anilines is 6. The monoisotopic (exact) mass is 968 g/mol. The molecule has 0 radical (unpaired) electrons. The molecule has 9 aromatic carbocycles. The summed E-state index contributed by atoms with van der Waals surface area (Å²) in [5.74, 6) is 1.09. The molecule has 0 fully saturated rings. The zero-order valence-electron chi connectivity index (χ0n) is 43.7. The molecule has 0 atom stereocenters. The summed E-state index contributed by atoms with van der Waals surface area (Å²) >= 11 is 0. The van der Waals surface area contributed by atoms with Gasteiger partial charge in [0.1, 0.15) is 17.1 Å². The second-order valence-corrected chi connectivity index (χ2v) is 20.8. The predicted octanol–water partition coefficient (Wildman–Crippen LogP) is 18.5. The van der Waals surface area contributed by atoms with Crippen LogP contribution in [0.25, 0.3) is 23.3 Å². The van der Waals surface area contributed by atoms with Gasteiger partial charge in [-0.05, 0) is 209 Å². The highest BCUT2D eigenvalue weighted by atomic mass is 16.5. The van der Waals surface area contributed by atoms with Crippen molar-refractivity contribution in [2.24, 2.45) is 5.41 Å². The number of benzene rings is 9. The lowest BCUT2D eigenvalue weighted by atomic mass is 9.91. The molecule has 0 aliphatic rings. The number of aryl methyl sites for hydroxylation is 2. The van der Waals surface area contributed by atoms with Gasteiger partial charge in [-0.2, -0.15) is 0 Å². The van der Waals surface area contributed by atoms with Crippen LogP contribution in [0.2, 0.25) is 0 Å². The van der Waals surface area contributed by atoms with Crippen LogP contribution in [0.4, 0.5) is 34.1 Å². The summed E-state index contributed by atoms with van der Waals surface area (Å²) in [6.45, 7) is 16.0. The fraction of sp³-hybridized carbons (Fsp3) is 0.145. The van der Waals surface area contributed by atoms with Crippen molar-refractivity contribution in [3.8, 4) is 11.5 Å². The van der Waals surface area contributed by atoms with E-state index < -0.39 is 5.41 Å². The van der Waals surface area contributed by atoms with Crippen molar-refractivity contribution in [3.05, 3.63) is 275 Å². The first-order valence-electron chi connectivity index (χ1n) is 25.3. The fourth-order valence-corrected chi connectivity index (χ4v) is 8.72. The van der Waals surface area contributed by atoms with Gasteiger partial charge < -0.3 is 19.3 Å². The topological polar surface area (TPSA) is 42.0 Å². The highest BCUT2D eigenvalue weighted by Gasteiger charge is 2.24. The smallest absolute Gasteiger partial charge is 0.316 e. The Morgan fingerprint density at radius 2 is 0.662 bits per heavy atom. The molecule has 5 nitrogen and oxygen atoms in total. The number of nitrogens with zero attached hydrogens (tertiary/aromatic N) is 2. The van der Waals surface area contributed by atoms with Crippen LogP contribution in [-0.4, -0.2) is 11.6 Å². The Kier molecular flexibility index (Phi) is 14.9. The Bertz CT molecular complexity index is 3350. The Morgan fingerprint density at radius 1 is 0.365 bits per heavy atom. The lowest BCUT2D eigenvalue weighted by molar-refractivity contribution is -0.143. The second-order valence-electron chi connectivity index (χ2n) is 20.8. The molecule has 0 amide bonds. The van der Waals surface area contributed by atoms with Crippen LogP contribution < -0.4 is 19.3 Å². The summed E-state index contributed by atoms with van der Waals surface area (Å²) in [7, 11) is 0. The van der Waals surface area contributed by atoms with Crippen molar-refractivity contribution >= 4 is 63.4 Å². The summed E-state index contributed by atoms with van der Waals surface area (Å²) in [5.41, 5.74) is 16.7. The molecule has 0 heterocycles. The maximum atomic E-state index is 12.6. The van der Waals surface area contributed by atoms with E-state index in [9.17, 15) is 4.79 Å². The third kappa shape index (κ3) is 12.5. The van der Waals surface area contributed by atoms with Crippen molar-refractivity contribution in [2.45, 2.75) is 61.0 Å². The van der Waals surface area contributed by atoms with Gasteiger partial charge in [0.2, 0.25) is 0 Å². The SMILES string of the molecule is Cc1ccc(C(=Cc2ccc(N(c3ccccc3)c3ccc(OC(=O)C(C)(C)C)cc3)cc2)c2ccc(C(=Cc3ccc(N(c4ccccc4)c4ccc(OC(C)(C)C)cc4)cc3)c3ccc(C)cc3)cc2)cc1. The first-order chi connectivity index (χ1) is 35.6. The Labute approximate surface area is 438 Å². The van der Waals surface area contributed by atoms with Gasteiger partial charge in [0.25, 0.3) is 0 Å². The summed E-state index contributed by atoms with van der Waals surface area (Å²) in [6, 6.07) is 80.8. The van der Waals surface area contributed by atoms with Gasteiger partial charge in [0.15, 0.2) is 0 Å². The maximum Gasteiger partial charge on any atom is 0.316 e. The molecule has 9 rings (SSSR count). The molecular formula is C69H64N2O3. The van der Waals surface area contributed by atoms with Crippen LogP contribution >= 0.6 is 0 Å². The van der Waals surface area contributed by atoms with E-state index in [1.54, 1.807) is 0 Å². The van der Waals surface area contributed by atoms with E-state index in [0.29, 0.717) is 5.75 Å². The highest BCUT2D eigenvalue weighted by Crippen LogP contribution is 2.39. The highest BCUT2D eigenvalue weighted by molar-refractivity contribution is 5.95. The van der Waals surface area contributed by atoms with Crippen molar-refractivity contribution in [2.75, 3.05) is 9.80 Å². The summed E-state index contributed by atoms with van der Waals surface area (Å²) < 4.78 is 11.9. The number of carbonyl (C=O) groups excluding carboxylic acids is 1. The minimum absolute atomic E-state index is 0.269. The maximum absolute atomic E-state index is 12.6. The number of hydrogen-bond acceptors (Lipinski definition) is 5. The number of esters is 1. The van der Waals surface area contributed by atoms with E-state index in [2.05, 4.69) is 226 Å². The van der Waals surface area contributed by atoms with Gasteiger partial charge in [-0.1, -0.05) is 145 Å². The fourth-order valence-electron chi connectivity index (χ4n) is 8.72. The number of para-hydroxylation sites is 2. The second kappa shape index (κ2) is 22.0. The van der Waals surface area contributed by atoms with E-state index in [-0.39, 0.29) is 11.6 Å². The van der Waals surface area contributed by atoms with Gasteiger partial charge in [-0.25, -0.2) is 0 Å². The normalized spacial score (nSPS) is 12.0. The molecule has 74 heavy (non-hydrogen) atoms. The van der Waals surface area contributed by atoms with E-state index >= 15 is 0 Å². The molecule has 0 saturated carbocycles. The largest absolute Gasteiger partial charge is 0.488 e. The van der Waals surface area contributed by atoms with E-state index in [4.69, 9.17) is 9.47 Å². The predicted molar refractivity (Wildman–Crippen MR) is 310 cm³/mol. The first kappa shape index (κ1) is 50.3. The molecule has 0 saturated heterocycles. The molecule has 0 unspecified atom stereocenters.